The Kier molecular flexibility index (Phi) is 7.92. The molecule has 0 rings (SSSR count). The SMILES string of the molecule is COC(=O)CC(C)N(O[Si](C)(C)C(C)(C)C)O[Si](C)(C)C(C)(C)C. The molecule has 0 aromatic rings. The third kappa shape index (κ3) is 6.59. The molecule has 0 aromatic carbocycles. The molecule has 0 aliphatic rings. The summed E-state index contributed by atoms with van der Waals surface area (Å²) in [5.41, 5.74) is 0. The normalized spacial score (nSPS) is 15.5. The van der Waals surface area contributed by atoms with Crippen molar-refractivity contribution in [3.8, 4) is 0 Å². The third-order valence-corrected chi connectivity index (χ3v) is 13.8. The zero-order valence-corrected chi connectivity index (χ0v) is 19.9. The molecule has 0 amide bonds. The summed E-state index contributed by atoms with van der Waals surface area (Å²) < 4.78 is 17.6. The van der Waals surface area contributed by atoms with E-state index in [0.29, 0.717) is 0 Å². The highest BCUT2D eigenvalue weighted by molar-refractivity contribution is 6.74. The van der Waals surface area contributed by atoms with Crippen LogP contribution >= 0.6 is 0 Å². The van der Waals surface area contributed by atoms with Crippen molar-refractivity contribution in [1.82, 2.24) is 5.23 Å². The van der Waals surface area contributed by atoms with Gasteiger partial charge in [0.25, 0.3) is 0 Å². The highest BCUT2D eigenvalue weighted by atomic mass is 28.4. The van der Waals surface area contributed by atoms with Crippen LogP contribution < -0.4 is 0 Å². The molecule has 0 saturated heterocycles. The third-order valence-electron chi connectivity index (χ3n) is 5.30. The van der Waals surface area contributed by atoms with Crippen molar-refractivity contribution < 1.29 is 18.6 Å². The smallest absolute Gasteiger partial charge is 0.307 e. The fraction of sp³-hybridized carbons (Fsp3) is 0.941. The van der Waals surface area contributed by atoms with Crippen LogP contribution in [-0.2, 0) is 18.6 Å². The van der Waals surface area contributed by atoms with Gasteiger partial charge in [0, 0.05) is 0 Å². The molecule has 1 unspecified atom stereocenters. The minimum atomic E-state index is -2.08. The van der Waals surface area contributed by atoms with Crippen LogP contribution in [0.4, 0.5) is 0 Å². The van der Waals surface area contributed by atoms with Gasteiger partial charge in [-0.3, -0.25) is 4.79 Å². The number of rotatable bonds is 7. The highest BCUT2D eigenvalue weighted by Gasteiger charge is 2.45. The number of carbonyl (C=O) groups is 1. The molecule has 24 heavy (non-hydrogen) atoms. The van der Waals surface area contributed by atoms with Gasteiger partial charge in [-0.2, -0.15) is 0 Å². The van der Waals surface area contributed by atoms with Gasteiger partial charge >= 0.3 is 5.97 Å². The fourth-order valence-electron chi connectivity index (χ4n) is 1.32. The first-order valence-electron chi connectivity index (χ1n) is 8.69. The number of carbonyl (C=O) groups excluding carboxylic acids is 1. The summed E-state index contributed by atoms with van der Waals surface area (Å²) in [6.07, 6.45) is 0.236. The maximum absolute atomic E-state index is 11.7. The average Bonchev–Trinajstić information content (AvgIpc) is 2.34. The van der Waals surface area contributed by atoms with Gasteiger partial charge in [-0.1, -0.05) is 46.8 Å². The Hall–Kier alpha value is -0.216. The van der Waals surface area contributed by atoms with Crippen LogP contribution in [0.3, 0.4) is 0 Å². The fourth-order valence-corrected chi connectivity index (χ4v) is 3.28. The summed E-state index contributed by atoms with van der Waals surface area (Å²) in [7, 11) is -2.75. The molecule has 0 heterocycles. The number of nitrogens with zero attached hydrogens (tertiary/aromatic N) is 1. The van der Waals surface area contributed by atoms with Crippen LogP contribution in [0, 0.1) is 0 Å². The molecule has 0 aromatic heterocycles. The van der Waals surface area contributed by atoms with E-state index >= 15 is 0 Å². The van der Waals surface area contributed by atoms with E-state index in [1.807, 2.05) is 6.92 Å². The lowest BCUT2D eigenvalue weighted by molar-refractivity contribution is -0.298. The number of hydrogen-bond acceptors (Lipinski definition) is 5. The summed E-state index contributed by atoms with van der Waals surface area (Å²) in [4.78, 5) is 11.7. The summed E-state index contributed by atoms with van der Waals surface area (Å²) >= 11 is 0. The zero-order valence-electron chi connectivity index (χ0n) is 17.9. The maximum atomic E-state index is 11.7. The van der Waals surface area contributed by atoms with E-state index in [1.54, 1.807) is 5.23 Å². The van der Waals surface area contributed by atoms with E-state index in [4.69, 9.17) is 13.8 Å². The standard InChI is InChI=1S/C17H39NO4Si2/c1-14(13-15(19)20-8)18(21-23(9,10)16(2,3)4)22-24(11,12)17(5,6)7/h14H,13H2,1-12H3. The van der Waals surface area contributed by atoms with Crippen molar-refractivity contribution in [2.75, 3.05) is 7.11 Å². The van der Waals surface area contributed by atoms with Gasteiger partial charge in [0.2, 0.25) is 16.6 Å². The van der Waals surface area contributed by atoms with Crippen molar-refractivity contribution in [2.24, 2.45) is 0 Å². The van der Waals surface area contributed by atoms with Gasteiger partial charge in [0.1, 0.15) is 0 Å². The molecule has 0 spiro atoms. The van der Waals surface area contributed by atoms with Crippen LogP contribution in [-0.4, -0.2) is 41.0 Å². The number of hydroxylamine groups is 2. The number of hydrogen-bond donors (Lipinski definition) is 0. The Bertz CT molecular complexity index is 397. The summed E-state index contributed by atoms with van der Waals surface area (Å²) in [5.74, 6) is -0.259. The Labute approximate surface area is 151 Å². The minimum absolute atomic E-state index is 0.0486. The molecule has 0 radical (unpaired) electrons. The quantitative estimate of drug-likeness (QED) is 0.350. The lowest BCUT2D eigenvalue weighted by Gasteiger charge is -2.45. The van der Waals surface area contributed by atoms with Crippen molar-refractivity contribution in [3.05, 3.63) is 0 Å². The monoisotopic (exact) mass is 377 g/mol. The second kappa shape index (κ2) is 7.99. The molecule has 0 fully saturated rings. The van der Waals surface area contributed by atoms with Gasteiger partial charge < -0.3 is 13.8 Å². The zero-order chi connectivity index (χ0) is 19.6. The second-order valence-corrected chi connectivity index (χ2v) is 19.0. The number of ether oxygens (including phenoxy) is 1. The van der Waals surface area contributed by atoms with E-state index in [1.165, 1.54) is 7.11 Å². The molecule has 0 N–H and O–H groups in total. The second-order valence-electron chi connectivity index (χ2n) is 9.62. The van der Waals surface area contributed by atoms with E-state index < -0.39 is 16.6 Å². The Balaban J connectivity index is 5.49. The van der Waals surface area contributed by atoms with Crippen LogP contribution in [0.1, 0.15) is 54.9 Å². The van der Waals surface area contributed by atoms with E-state index in [2.05, 4.69) is 67.7 Å². The average molecular weight is 378 g/mol. The lowest BCUT2D eigenvalue weighted by Crippen LogP contribution is -2.55. The van der Waals surface area contributed by atoms with Crippen molar-refractivity contribution in [2.45, 2.75) is 97.2 Å². The Morgan fingerprint density at radius 2 is 1.25 bits per heavy atom. The molecule has 7 heteroatoms. The highest BCUT2D eigenvalue weighted by Crippen LogP contribution is 2.41. The summed E-state index contributed by atoms with van der Waals surface area (Å²) in [5, 5.41) is 1.71. The molecule has 0 saturated carbocycles. The summed E-state index contributed by atoms with van der Waals surface area (Å²) in [6, 6.07) is -0.208. The minimum Gasteiger partial charge on any atom is -0.469 e. The first-order valence-corrected chi connectivity index (χ1v) is 14.5. The first kappa shape index (κ1) is 23.8. The van der Waals surface area contributed by atoms with E-state index in [0.717, 1.165) is 0 Å². The molecular formula is C17H39NO4Si2. The van der Waals surface area contributed by atoms with Crippen LogP contribution in [0.15, 0.2) is 0 Å². The Morgan fingerprint density at radius 1 is 0.917 bits per heavy atom. The predicted molar refractivity (Wildman–Crippen MR) is 104 cm³/mol. The van der Waals surface area contributed by atoms with Crippen molar-refractivity contribution in [3.63, 3.8) is 0 Å². The Morgan fingerprint density at radius 3 is 1.50 bits per heavy atom. The molecule has 144 valence electrons. The van der Waals surface area contributed by atoms with Crippen LogP contribution in [0.25, 0.3) is 0 Å². The van der Waals surface area contributed by atoms with E-state index in [9.17, 15) is 4.79 Å². The van der Waals surface area contributed by atoms with Crippen LogP contribution in [0.5, 0.6) is 0 Å². The molecule has 1 atom stereocenters. The first-order chi connectivity index (χ1) is 10.4. The van der Waals surface area contributed by atoms with Gasteiger partial charge in [-0.25, -0.2) is 0 Å². The number of methoxy groups -OCH3 is 1. The molecular weight excluding hydrogens is 338 g/mol. The van der Waals surface area contributed by atoms with Crippen molar-refractivity contribution >= 4 is 22.6 Å². The van der Waals surface area contributed by atoms with E-state index in [-0.39, 0.29) is 28.5 Å². The largest absolute Gasteiger partial charge is 0.469 e. The lowest BCUT2D eigenvalue weighted by atomic mass is 10.2. The molecule has 5 nitrogen and oxygen atoms in total. The number of esters is 1. The summed E-state index contributed by atoms with van der Waals surface area (Å²) in [6.45, 7) is 23.8. The van der Waals surface area contributed by atoms with Gasteiger partial charge in [-0.15, -0.1) is 0 Å². The molecule has 0 aliphatic carbocycles. The van der Waals surface area contributed by atoms with Crippen molar-refractivity contribution in [1.29, 1.82) is 0 Å². The van der Waals surface area contributed by atoms with Gasteiger partial charge in [0.05, 0.1) is 19.6 Å². The van der Waals surface area contributed by atoms with Crippen LogP contribution in [0.2, 0.25) is 36.3 Å². The predicted octanol–water partition coefficient (Wildman–Crippen LogP) is 5.11. The molecule has 0 bridgehead atoms. The molecule has 0 aliphatic heterocycles. The van der Waals surface area contributed by atoms with Gasteiger partial charge in [-0.05, 0) is 43.2 Å². The maximum Gasteiger partial charge on any atom is 0.307 e. The topological polar surface area (TPSA) is 48.0 Å². The van der Waals surface area contributed by atoms with Gasteiger partial charge in [0.15, 0.2) is 0 Å².